The lowest BCUT2D eigenvalue weighted by Gasteiger charge is -2.22. The van der Waals surface area contributed by atoms with E-state index in [2.05, 4.69) is 45.9 Å². The molecule has 14 heavy (non-hydrogen) atoms. The summed E-state index contributed by atoms with van der Waals surface area (Å²) in [5, 5.41) is 0. The maximum atomic E-state index is 5.19. The normalized spacial score (nSPS) is 11.5. The molecule has 0 saturated heterocycles. The third-order valence-electron chi connectivity index (χ3n) is 2.45. The van der Waals surface area contributed by atoms with Crippen molar-refractivity contribution in [1.29, 1.82) is 0 Å². The Bertz CT molecular complexity index is 356. The van der Waals surface area contributed by atoms with Gasteiger partial charge in [-0.2, -0.15) is 0 Å². The van der Waals surface area contributed by atoms with E-state index in [9.17, 15) is 0 Å². The third kappa shape index (κ3) is 2.42. The van der Waals surface area contributed by atoms with Gasteiger partial charge in [0.05, 0.1) is 0 Å². The van der Waals surface area contributed by atoms with Crippen molar-refractivity contribution in [3.8, 4) is 0 Å². The summed E-state index contributed by atoms with van der Waals surface area (Å²) in [7, 11) is 0. The van der Waals surface area contributed by atoms with Crippen LogP contribution in [0.15, 0.2) is 18.2 Å². The zero-order valence-corrected chi connectivity index (χ0v) is 10.5. The highest BCUT2D eigenvalue weighted by Crippen LogP contribution is 2.26. The Morgan fingerprint density at radius 2 is 1.79 bits per heavy atom. The minimum absolute atomic E-state index is 0.199. The third-order valence-corrected chi connectivity index (χ3v) is 2.69. The summed E-state index contributed by atoms with van der Waals surface area (Å²) in [5.41, 5.74) is 4.11. The van der Waals surface area contributed by atoms with E-state index in [1.165, 1.54) is 16.7 Å². The van der Waals surface area contributed by atoms with E-state index in [1.54, 1.807) is 0 Å². The van der Waals surface area contributed by atoms with Crippen LogP contribution in [0.3, 0.4) is 0 Å². The van der Waals surface area contributed by atoms with Gasteiger partial charge in [0.15, 0.2) is 0 Å². The molecule has 0 aromatic heterocycles. The molecule has 0 unspecified atom stereocenters. The number of rotatable bonds is 1. The van der Waals surface area contributed by atoms with Gasteiger partial charge in [-0.15, -0.1) is 0 Å². The lowest BCUT2D eigenvalue weighted by molar-refractivity contribution is 0.586. The molecule has 0 nitrogen and oxygen atoms in total. The van der Waals surface area contributed by atoms with Crippen LogP contribution in [0.4, 0.5) is 0 Å². The standard InChI is InChI=1S/C13H18S/c1-9-6-7-11(10(2)14)8-12(9)13(3,4)5/h6-8H,1-5H3. The molecule has 0 heterocycles. The summed E-state index contributed by atoms with van der Waals surface area (Å²) in [6.45, 7) is 10.8. The molecule has 0 aliphatic rings. The first-order valence-electron chi connectivity index (χ1n) is 4.94. The molecule has 0 N–H and O–H groups in total. The average Bonchev–Trinajstić information content (AvgIpc) is 2.02. The maximum absolute atomic E-state index is 5.19. The van der Waals surface area contributed by atoms with Gasteiger partial charge in [0.1, 0.15) is 0 Å². The summed E-state index contributed by atoms with van der Waals surface area (Å²) >= 11 is 5.19. The van der Waals surface area contributed by atoms with Crippen LogP contribution in [-0.2, 0) is 5.41 Å². The molecule has 0 atom stereocenters. The van der Waals surface area contributed by atoms with Gasteiger partial charge in [-0.1, -0.05) is 45.1 Å². The van der Waals surface area contributed by atoms with E-state index in [1.807, 2.05) is 6.92 Å². The minimum atomic E-state index is 0.199. The van der Waals surface area contributed by atoms with Crippen LogP contribution in [0, 0.1) is 6.92 Å². The van der Waals surface area contributed by atoms with Crippen molar-refractivity contribution >= 4 is 17.1 Å². The van der Waals surface area contributed by atoms with Gasteiger partial charge in [0.2, 0.25) is 0 Å². The number of aryl methyl sites for hydroxylation is 1. The summed E-state index contributed by atoms with van der Waals surface area (Å²) < 4.78 is 0. The van der Waals surface area contributed by atoms with Crippen LogP contribution < -0.4 is 0 Å². The van der Waals surface area contributed by atoms with E-state index in [0.717, 1.165) is 4.86 Å². The predicted molar refractivity (Wildman–Crippen MR) is 67.3 cm³/mol. The molecule has 0 amide bonds. The summed E-state index contributed by atoms with van der Waals surface area (Å²) in [5.74, 6) is 0. The van der Waals surface area contributed by atoms with Crippen LogP contribution in [-0.4, -0.2) is 4.86 Å². The Hall–Kier alpha value is -0.690. The van der Waals surface area contributed by atoms with Gasteiger partial charge >= 0.3 is 0 Å². The summed E-state index contributed by atoms with van der Waals surface area (Å²) in [6, 6.07) is 6.48. The zero-order chi connectivity index (χ0) is 10.9. The minimum Gasteiger partial charge on any atom is -0.0846 e. The van der Waals surface area contributed by atoms with Gasteiger partial charge in [-0.25, -0.2) is 0 Å². The van der Waals surface area contributed by atoms with E-state index < -0.39 is 0 Å². The number of hydrogen-bond acceptors (Lipinski definition) is 1. The van der Waals surface area contributed by atoms with E-state index in [4.69, 9.17) is 12.2 Å². The first-order valence-corrected chi connectivity index (χ1v) is 5.35. The number of hydrogen-bond donors (Lipinski definition) is 0. The fourth-order valence-electron chi connectivity index (χ4n) is 1.65. The summed E-state index contributed by atoms with van der Waals surface area (Å²) in [4.78, 5) is 0.968. The molecule has 1 aromatic rings. The molecule has 0 radical (unpaired) electrons. The topological polar surface area (TPSA) is 0 Å². The Morgan fingerprint density at radius 3 is 2.21 bits per heavy atom. The highest BCUT2D eigenvalue weighted by atomic mass is 32.1. The molecule has 0 spiro atoms. The molecule has 1 heteroatoms. The molecule has 1 aromatic carbocycles. The second-order valence-electron chi connectivity index (χ2n) is 4.84. The van der Waals surface area contributed by atoms with E-state index in [-0.39, 0.29) is 5.41 Å². The van der Waals surface area contributed by atoms with E-state index in [0.29, 0.717) is 0 Å². The van der Waals surface area contributed by atoms with Gasteiger partial charge in [0.25, 0.3) is 0 Å². The molecule has 0 saturated carbocycles. The monoisotopic (exact) mass is 206 g/mol. The number of thiocarbonyl (C=S) groups is 1. The Morgan fingerprint density at radius 1 is 1.21 bits per heavy atom. The van der Waals surface area contributed by atoms with Crippen molar-refractivity contribution < 1.29 is 0 Å². The van der Waals surface area contributed by atoms with E-state index >= 15 is 0 Å². The van der Waals surface area contributed by atoms with Crippen molar-refractivity contribution in [3.63, 3.8) is 0 Å². The molecule has 76 valence electrons. The molecule has 0 bridgehead atoms. The quantitative estimate of drug-likeness (QED) is 0.494. The van der Waals surface area contributed by atoms with Gasteiger partial charge in [0, 0.05) is 4.86 Å². The van der Waals surface area contributed by atoms with Gasteiger partial charge in [-0.3, -0.25) is 0 Å². The van der Waals surface area contributed by atoms with Crippen molar-refractivity contribution in [1.82, 2.24) is 0 Å². The van der Waals surface area contributed by atoms with Crippen molar-refractivity contribution in [2.24, 2.45) is 0 Å². The van der Waals surface area contributed by atoms with Gasteiger partial charge < -0.3 is 0 Å². The Labute approximate surface area is 92.3 Å². The highest BCUT2D eigenvalue weighted by Gasteiger charge is 2.16. The SMILES string of the molecule is CC(=S)c1ccc(C)c(C(C)(C)C)c1. The van der Waals surface area contributed by atoms with Crippen LogP contribution >= 0.6 is 12.2 Å². The molecule has 0 aliphatic carbocycles. The average molecular weight is 206 g/mol. The largest absolute Gasteiger partial charge is 0.0846 e. The first kappa shape index (κ1) is 11.4. The Kier molecular flexibility index (Phi) is 3.10. The van der Waals surface area contributed by atoms with Crippen LogP contribution in [0.1, 0.15) is 44.4 Å². The van der Waals surface area contributed by atoms with Crippen LogP contribution in [0.2, 0.25) is 0 Å². The second kappa shape index (κ2) is 3.82. The maximum Gasteiger partial charge on any atom is 0.0193 e. The van der Waals surface area contributed by atoms with Crippen molar-refractivity contribution in [3.05, 3.63) is 34.9 Å². The fourth-order valence-corrected chi connectivity index (χ4v) is 1.78. The van der Waals surface area contributed by atoms with Crippen LogP contribution in [0.5, 0.6) is 0 Å². The molecule has 0 aliphatic heterocycles. The van der Waals surface area contributed by atoms with Crippen LogP contribution in [0.25, 0.3) is 0 Å². The molecule has 0 fully saturated rings. The zero-order valence-electron chi connectivity index (χ0n) is 9.64. The smallest absolute Gasteiger partial charge is 0.0193 e. The molecular formula is C13H18S. The predicted octanol–water partition coefficient (Wildman–Crippen LogP) is 4.03. The van der Waals surface area contributed by atoms with Gasteiger partial charge in [-0.05, 0) is 42.0 Å². The highest BCUT2D eigenvalue weighted by molar-refractivity contribution is 7.80. The second-order valence-corrected chi connectivity index (χ2v) is 5.45. The molecule has 1 rings (SSSR count). The lowest BCUT2D eigenvalue weighted by Crippen LogP contribution is -2.13. The number of benzene rings is 1. The summed E-state index contributed by atoms with van der Waals surface area (Å²) in [6.07, 6.45) is 0. The Balaban J connectivity index is 3.29. The first-order chi connectivity index (χ1) is 6.32. The van der Waals surface area contributed by atoms with Crippen molar-refractivity contribution in [2.45, 2.75) is 40.0 Å². The lowest BCUT2D eigenvalue weighted by atomic mass is 9.83. The van der Waals surface area contributed by atoms with Crippen molar-refractivity contribution in [2.75, 3.05) is 0 Å². The fraction of sp³-hybridized carbons (Fsp3) is 0.462. The molecular weight excluding hydrogens is 188 g/mol.